The number of aromatic nitrogens is 2. The molecule has 112 valence electrons. The Bertz CT molecular complexity index is 582. The van der Waals surface area contributed by atoms with Crippen LogP contribution in [0.1, 0.15) is 18.7 Å². The van der Waals surface area contributed by atoms with E-state index in [-0.39, 0.29) is 0 Å². The topological polar surface area (TPSA) is 60.2 Å². The first-order valence-corrected chi connectivity index (χ1v) is 8.02. The van der Waals surface area contributed by atoms with Gasteiger partial charge in [0.05, 0.1) is 19.1 Å². The molecule has 1 aromatic heterocycles. The van der Waals surface area contributed by atoms with E-state index in [2.05, 4.69) is 31.4 Å². The summed E-state index contributed by atoms with van der Waals surface area (Å²) in [4.78, 5) is 4.42. The van der Waals surface area contributed by atoms with Crippen LogP contribution in [-0.4, -0.2) is 35.9 Å². The molecule has 3 rings (SSSR count). The number of piperidine rings is 1. The van der Waals surface area contributed by atoms with Crippen LogP contribution in [0.25, 0.3) is 11.4 Å². The van der Waals surface area contributed by atoms with Gasteiger partial charge >= 0.3 is 0 Å². The SMILES string of the molecule is Brc1ccccc1-c1noc(CCOC2CCNCC2)n1. The third-order valence-corrected chi connectivity index (χ3v) is 4.23. The Balaban J connectivity index is 1.54. The molecule has 1 N–H and O–H groups in total. The van der Waals surface area contributed by atoms with Gasteiger partial charge in [-0.15, -0.1) is 0 Å². The quantitative estimate of drug-likeness (QED) is 0.897. The number of halogens is 1. The molecule has 1 aliphatic rings. The zero-order valence-electron chi connectivity index (χ0n) is 11.7. The van der Waals surface area contributed by atoms with Crippen molar-refractivity contribution in [3.63, 3.8) is 0 Å². The molecule has 0 aliphatic carbocycles. The minimum absolute atomic E-state index is 0.358. The van der Waals surface area contributed by atoms with Gasteiger partial charge in [-0.3, -0.25) is 0 Å². The molecule has 0 bridgehead atoms. The summed E-state index contributed by atoms with van der Waals surface area (Å²) in [6.45, 7) is 2.71. The summed E-state index contributed by atoms with van der Waals surface area (Å²) in [6, 6.07) is 7.84. The van der Waals surface area contributed by atoms with Crippen LogP contribution >= 0.6 is 15.9 Å². The minimum atomic E-state index is 0.358. The summed E-state index contributed by atoms with van der Waals surface area (Å²) in [5.74, 6) is 1.23. The van der Waals surface area contributed by atoms with Crippen molar-refractivity contribution in [3.8, 4) is 11.4 Å². The Morgan fingerprint density at radius 3 is 2.90 bits per heavy atom. The van der Waals surface area contributed by atoms with Gasteiger partial charge in [0.2, 0.25) is 11.7 Å². The van der Waals surface area contributed by atoms with E-state index in [9.17, 15) is 0 Å². The Morgan fingerprint density at radius 2 is 2.10 bits per heavy atom. The molecule has 1 saturated heterocycles. The van der Waals surface area contributed by atoms with Crippen molar-refractivity contribution in [2.75, 3.05) is 19.7 Å². The summed E-state index contributed by atoms with van der Waals surface area (Å²) >= 11 is 3.49. The van der Waals surface area contributed by atoms with Crippen molar-refractivity contribution in [3.05, 3.63) is 34.6 Å². The first kappa shape index (κ1) is 14.7. The van der Waals surface area contributed by atoms with Crippen LogP contribution in [0, 0.1) is 0 Å². The van der Waals surface area contributed by atoms with Gasteiger partial charge in [-0.25, -0.2) is 0 Å². The van der Waals surface area contributed by atoms with E-state index in [0.29, 0.717) is 30.8 Å². The molecule has 0 atom stereocenters. The highest BCUT2D eigenvalue weighted by molar-refractivity contribution is 9.10. The second-order valence-electron chi connectivity index (χ2n) is 5.06. The van der Waals surface area contributed by atoms with Crippen LogP contribution in [0.15, 0.2) is 33.3 Å². The molecule has 0 spiro atoms. The third kappa shape index (κ3) is 3.90. The first-order chi connectivity index (χ1) is 10.3. The molecule has 1 aromatic carbocycles. The Hall–Kier alpha value is -1.24. The summed E-state index contributed by atoms with van der Waals surface area (Å²) in [6.07, 6.45) is 3.16. The largest absolute Gasteiger partial charge is 0.378 e. The fraction of sp³-hybridized carbons (Fsp3) is 0.467. The van der Waals surface area contributed by atoms with Gasteiger partial charge in [0, 0.05) is 10.0 Å². The van der Waals surface area contributed by atoms with E-state index in [1.807, 2.05) is 24.3 Å². The first-order valence-electron chi connectivity index (χ1n) is 7.23. The Labute approximate surface area is 132 Å². The highest BCUT2D eigenvalue weighted by Gasteiger charge is 2.14. The highest BCUT2D eigenvalue weighted by Crippen LogP contribution is 2.25. The molecule has 0 amide bonds. The number of nitrogens with one attached hydrogen (secondary N) is 1. The van der Waals surface area contributed by atoms with Gasteiger partial charge in [0.1, 0.15) is 0 Å². The minimum Gasteiger partial charge on any atom is -0.378 e. The maximum atomic E-state index is 5.85. The summed E-state index contributed by atoms with van der Waals surface area (Å²) in [5, 5.41) is 7.36. The van der Waals surface area contributed by atoms with E-state index < -0.39 is 0 Å². The van der Waals surface area contributed by atoms with Crippen molar-refractivity contribution >= 4 is 15.9 Å². The van der Waals surface area contributed by atoms with Crippen molar-refractivity contribution in [1.82, 2.24) is 15.5 Å². The fourth-order valence-electron chi connectivity index (χ4n) is 2.38. The smallest absolute Gasteiger partial charge is 0.229 e. The molecular formula is C15H18BrN3O2. The predicted octanol–water partition coefficient (Wildman–Crippen LogP) is 2.81. The average Bonchev–Trinajstić information content (AvgIpc) is 2.97. The second kappa shape index (κ2) is 7.15. The van der Waals surface area contributed by atoms with Crippen LogP contribution in [0.5, 0.6) is 0 Å². The van der Waals surface area contributed by atoms with E-state index in [1.165, 1.54) is 0 Å². The van der Waals surface area contributed by atoms with E-state index in [4.69, 9.17) is 9.26 Å². The number of rotatable bonds is 5. The van der Waals surface area contributed by atoms with Crippen LogP contribution < -0.4 is 5.32 Å². The maximum absolute atomic E-state index is 5.85. The number of ether oxygens (including phenoxy) is 1. The number of hydrogen-bond acceptors (Lipinski definition) is 5. The summed E-state index contributed by atoms with van der Waals surface area (Å²) in [7, 11) is 0. The molecule has 1 fully saturated rings. The summed E-state index contributed by atoms with van der Waals surface area (Å²) < 4.78 is 12.1. The van der Waals surface area contributed by atoms with Gasteiger partial charge < -0.3 is 14.6 Å². The van der Waals surface area contributed by atoms with Crippen LogP contribution in [-0.2, 0) is 11.2 Å². The lowest BCUT2D eigenvalue weighted by Crippen LogP contribution is -2.32. The molecule has 2 aromatic rings. The maximum Gasteiger partial charge on any atom is 0.229 e. The lowest BCUT2D eigenvalue weighted by atomic mass is 10.1. The lowest BCUT2D eigenvalue weighted by molar-refractivity contribution is 0.0322. The zero-order valence-corrected chi connectivity index (χ0v) is 13.3. The standard InChI is InChI=1S/C15H18BrN3O2/c16-13-4-2-1-3-12(13)15-18-14(21-19-15)7-10-20-11-5-8-17-9-6-11/h1-4,11,17H,5-10H2. The van der Waals surface area contributed by atoms with Crippen molar-refractivity contribution in [1.29, 1.82) is 0 Å². The Morgan fingerprint density at radius 1 is 1.29 bits per heavy atom. The number of hydrogen-bond donors (Lipinski definition) is 1. The van der Waals surface area contributed by atoms with Crippen molar-refractivity contribution in [2.45, 2.75) is 25.4 Å². The van der Waals surface area contributed by atoms with Gasteiger partial charge in [-0.2, -0.15) is 4.98 Å². The van der Waals surface area contributed by atoms with Gasteiger partial charge in [0.25, 0.3) is 0 Å². The van der Waals surface area contributed by atoms with Gasteiger partial charge in [-0.05, 0) is 38.1 Å². The van der Waals surface area contributed by atoms with Gasteiger partial charge in [0.15, 0.2) is 0 Å². The van der Waals surface area contributed by atoms with E-state index in [1.54, 1.807) is 0 Å². The molecular weight excluding hydrogens is 334 g/mol. The zero-order chi connectivity index (χ0) is 14.5. The second-order valence-corrected chi connectivity index (χ2v) is 5.92. The van der Waals surface area contributed by atoms with Crippen LogP contribution in [0.3, 0.4) is 0 Å². The fourth-order valence-corrected chi connectivity index (χ4v) is 2.85. The van der Waals surface area contributed by atoms with E-state index in [0.717, 1.165) is 36.0 Å². The normalized spacial score (nSPS) is 16.2. The van der Waals surface area contributed by atoms with E-state index >= 15 is 0 Å². The number of benzene rings is 1. The van der Waals surface area contributed by atoms with Crippen LogP contribution in [0.4, 0.5) is 0 Å². The Kier molecular flexibility index (Phi) is 5.00. The molecule has 0 unspecified atom stereocenters. The molecule has 6 heteroatoms. The molecule has 0 radical (unpaired) electrons. The van der Waals surface area contributed by atoms with Gasteiger partial charge in [-0.1, -0.05) is 33.2 Å². The third-order valence-electron chi connectivity index (χ3n) is 3.54. The monoisotopic (exact) mass is 351 g/mol. The lowest BCUT2D eigenvalue weighted by Gasteiger charge is -2.22. The van der Waals surface area contributed by atoms with Crippen LogP contribution in [0.2, 0.25) is 0 Å². The van der Waals surface area contributed by atoms with Crippen molar-refractivity contribution in [2.24, 2.45) is 0 Å². The highest BCUT2D eigenvalue weighted by atomic mass is 79.9. The molecule has 5 nitrogen and oxygen atoms in total. The summed E-state index contributed by atoms with van der Waals surface area (Å²) in [5.41, 5.74) is 0.937. The molecule has 2 heterocycles. The molecule has 0 saturated carbocycles. The molecule has 21 heavy (non-hydrogen) atoms. The molecule has 1 aliphatic heterocycles. The average molecular weight is 352 g/mol. The predicted molar refractivity (Wildman–Crippen MR) is 83.0 cm³/mol. The van der Waals surface area contributed by atoms with Crippen molar-refractivity contribution < 1.29 is 9.26 Å². The number of nitrogens with zero attached hydrogens (tertiary/aromatic N) is 2.